The van der Waals surface area contributed by atoms with Crippen LogP contribution in [0.3, 0.4) is 0 Å². The second-order valence-electron chi connectivity index (χ2n) is 6.65. The van der Waals surface area contributed by atoms with E-state index in [1.54, 1.807) is 23.1 Å². The lowest BCUT2D eigenvalue weighted by atomic mass is 9.96. The molecule has 4 rings (SSSR count). The highest BCUT2D eigenvalue weighted by Crippen LogP contribution is 2.37. The minimum absolute atomic E-state index is 0.0272. The van der Waals surface area contributed by atoms with Gasteiger partial charge in [0.15, 0.2) is 0 Å². The summed E-state index contributed by atoms with van der Waals surface area (Å²) in [6.45, 7) is 0. The van der Waals surface area contributed by atoms with Gasteiger partial charge < -0.3 is 5.32 Å². The Hall–Kier alpha value is -1.77. The zero-order valence-corrected chi connectivity index (χ0v) is 15.7. The monoisotopic (exact) mass is 368 g/mol. The molecule has 2 aliphatic carbocycles. The second kappa shape index (κ2) is 7.23. The van der Waals surface area contributed by atoms with Gasteiger partial charge in [-0.1, -0.05) is 6.07 Å². The largest absolute Gasteiger partial charge is 0.316 e. The van der Waals surface area contributed by atoms with Crippen molar-refractivity contribution in [2.24, 2.45) is 0 Å². The first-order valence-electron chi connectivity index (χ1n) is 8.83. The molecule has 0 radical (unpaired) electrons. The van der Waals surface area contributed by atoms with Crippen molar-refractivity contribution in [2.75, 3.05) is 11.1 Å². The molecule has 1 aromatic heterocycles. The van der Waals surface area contributed by atoms with Crippen LogP contribution in [0.25, 0.3) is 0 Å². The van der Waals surface area contributed by atoms with Gasteiger partial charge in [0.2, 0.25) is 5.91 Å². The molecule has 1 amide bonds. The van der Waals surface area contributed by atoms with Gasteiger partial charge in [-0.25, -0.2) is 0 Å². The molecule has 0 saturated heterocycles. The first-order valence-corrected chi connectivity index (χ1v) is 10.6. The van der Waals surface area contributed by atoms with E-state index in [4.69, 9.17) is 0 Å². The van der Waals surface area contributed by atoms with Crippen LogP contribution in [0.1, 0.15) is 46.4 Å². The Labute approximate surface area is 156 Å². The summed E-state index contributed by atoms with van der Waals surface area (Å²) in [4.78, 5) is 14.8. The van der Waals surface area contributed by atoms with Crippen LogP contribution in [0, 0.1) is 11.3 Å². The SMILES string of the molecule is N#Cc1c(NC(=O)CSc2ccc3c(c2)CCC3)sc2c1CCCC2. The van der Waals surface area contributed by atoms with Crippen LogP contribution in [0.2, 0.25) is 0 Å². The molecule has 1 heterocycles. The quantitative estimate of drug-likeness (QED) is 0.795. The number of rotatable bonds is 4. The number of hydrogen-bond acceptors (Lipinski definition) is 4. The molecule has 0 aliphatic heterocycles. The molecule has 3 nitrogen and oxygen atoms in total. The number of anilines is 1. The molecular weight excluding hydrogens is 348 g/mol. The number of benzene rings is 1. The number of thioether (sulfide) groups is 1. The third kappa shape index (κ3) is 3.47. The number of carbonyl (C=O) groups is 1. The predicted molar refractivity (Wildman–Crippen MR) is 103 cm³/mol. The Morgan fingerprint density at radius 2 is 2.00 bits per heavy atom. The van der Waals surface area contributed by atoms with Crippen molar-refractivity contribution < 1.29 is 4.79 Å². The molecule has 1 aromatic carbocycles. The third-order valence-electron chi connectivity index (χ3n) is 4.98. The highest BCUT2D eigenvalue weighted by atomic mass is 32.2. The van der Waals surface area contributed by atoms with E-state index >= 15 is 0 Å². The third-order valence-corrected chi connectivity index (χ3v) is 7.18. The maximum absolute atomic E-state index is 12.4. The smallest absolute Gasteiger partial charge is 0.235 e. The predicted octanol–water partition coefficient (Wildman–Crippen LogP) is 4.72. The molecule has 2 aliphatic rings. The number of nitrogens with zero attached hydrogens (tertiary/aromatic N) is 1. The van der Waals surface area contributed by atoms with Crippen LogP contribution in [0.5, 0.6) is 0 Å². The first-order chi connectivity index (χ1) is 12.2. The Bertz CT molecular complexity index is 863. The number of thiophene rings is 1. The number of carbonyl (C=O) groups excluding carboxylic acids is 1. The maximum atomic E-state index is 12.4. The van der Waals surface area contributed by atoms with Gasteiger partial charge in [0, 0.05) is 9.77 Å². The molecule has 0 atom stereocenters. The van der Waals surface area contributed by atoms with Gasteiger partial charge in [0.05, 0.1) is 11.3 Å². The van der Waals surface area contributed by atoms with Crippen LogP contribution < -0.4 is 5.32 Å². The number of aryl methyl sites for hydroxylation is 3. The Kier molecular flexibility index (Phi) is 4.82. The number of nitrogens with one attached hydrogen (secondary N) is 1. The normalized spacial score (nSPS) is 15.3. The highest BCUT2D eigenvalue weighted by molar-refractivity contribution is 8.00. The van der Waals surface area contributed by atoms with Gasteiger partial charge in [-0.05, 0) is 73.8 Å². The van der Waals surface area contributed by atoms with Crippen molar-refractivity contribution >= 4 is 34.0 Å². The zero-order chi connectivity index (χ0) is 17.2. The van der Waals surface area contributed by atoms with Crippen LogP contribution in [-0.4, -0.2) is 11.7 Å². The van der Waals surface area contributed by atoms with Gasteiger partial charge in [-0.2, -0.15) is 5.26 Å². The second-order valence-corrected chi connectivity index (χ2v) is 8.80. The lowest BCUT2D eigenvalue weighted by Crippen LogP contribution is -2.14. The highest BCUT2D eigenvalue weighted by Gasteiger charge is 2.21. The molecule has 0 bridgehead atoms. The number of amides is 1. The molecule has 5 heteroatoms. The summed E-state index contributed by atoms with van der Waals surface area (Å²) in [5, 5.41) is 13.2. The number of nitriles is 1. The summed E-state index contributed by atoms with van der Waals surface area (Å²) in [6, 6.07) is 8.84. The van der Waals surface area contributed by atoms with E-state index in [0.29, 0.717) is 11.3 Å². The summed E-state index contributed by atoms with van der Waals surface area (Å²) >= 11 is 3.16. The number of fused-ring (bicyclic) bond motifs is 2. The fourth-order valence-corrected chi connectivity index (χ4v) is 5.74. The minimum Gasteiger partial charge on any atom is -0.316 e. The Morgan fingerprint density at radius 3 is 2.88 bits per heavy atom. The van der Waals surface area contributed by atoms with Crippen LogP contribution in [0.4, 0.5) is 5.00 Å². The van der Waals surface area contributed by atoms with Crippen molar-refractivity contribution in [3.63, 3.8) is 0 Å². The minimum atomic E-state index is -0.0272. The molecule has 0 saturated carbocycles. The lowest BCUT2D eigenvalue weighted by molar-refractivity contribution is -0.113. The fraction of sp³-hybridized carbons (Fsp3) is 0.400. The van der Waals surface area contributed by atoms with Gasteiger partial charge in [-0.15, -0.1) is 23.1 Å². The summed E-state index contributed by atoms with van der Waals surface area (Å²) < 4.78 is 0. The van der Waals surface area contributed by atoms with E-state index in [1.807, 2.05) is 0 Å². The first kappa shape index (κ1) is 16.7. The summed E-state index contributed by atoms with van der Waals surface area (Å²) in [7, 11) is 0. The Morgan fingerprint density at radius 1 is 1.16 bits per heavy atom. The average molecular weight is 369 g/mol. The van der Waals surface area contributed by atoms with Crippen molar-refractivity contribution in [3.8, 4) is 6.07 Å². The van der Waals surface area contributed by atoms with Gasteiger partial charge in [0.25, 0.3) is 0 Å². The lowest BCUT2D eigenvalue weighted by Gasteiger charge is -2.09. The van der Waals surface area contributed by atoms with Crippen LogP contribution >= 0.6 is 23.1 Å². The topological polar surface area (TPSA) is 52.9 Å². The van der Waals surface area contributed by atoms with Crippen LogP contribution in [-0.2, 0) is 30.5 Å². The number of hydrogen-bond donors (Lipinski definition) is 1. The Balaban J connectivity index is 1.41. The zero-order valence-electron chi connectivity index (χ0n) is 14.1. The van der Waals surface area contributed by atoms with Gasteiger partial charge in [-0.3, -0.25) is 4.79 Å². The van der Waals surface area contributed by atoms with E-state index < -0.39 is 0 Å². The van der Waals surface area contributed by atoms with Crippen molar-refractivity contribution in [1.82, 2.24) is 0 Å². The molecule has 1 N–H and O–H groups in total. The van der Waals surface area contributed by atoms with Crippen molar-refractivity contribution in [2.45, 2.75) is 49.8 Å². The molecule has 25 heavy (non-hydrogen) atoms. The van der Waals surface area contributed by atoms with E-state index in [1.165, 1.54) is 40.8 Å². The van der Waals surface area contributed by atoms with Crippen LogP contribution in [0.15, 0.2) is 23.1 Å². The van der Waals surface area contributed by atoms with E-state index in [2.05, 4.69) is 29.6 Å². The van der Waals surface area contributed by atoms with E-state index in [0.717, 1.165) is 35.6 Å². The van der Waals surface area contributed by atoms with E-state index in [9.17, 15) is 10.1 Å². The molecule has 2 aromatic rings. The summed E-state index contributed by atoms with van der Waals surface area (Å²) in [5.74, 6) is 0.354. The molecule has 0 fully saturated rings. The van der Waals surface area contributed by atoms with Crippen molar-refractivity contribution in [1.29, 1.82) is 5.26 Å². The fourth-order valence-electron chi connectivity index (χ4n) is 3.72. The van der Waals surface area contributed by atoms with Gasteiger partial charge in [0.1, 0.15) is 11.1 Å². The molecule has 0 unspecified atom stereocenters. The maximum Gasteiger partial charge on any atom is 0.235 e. The standard InChI is InChI=1S/C20H20N2OS2/c21-11-17-16-6-1-2-7-18(16)25-20(17)22-19(23)12-24-15-9-8-13-4-3-5-14(13)10-15/h8-10H,1-7,12H2,(H,22,23). The average Bonchev–Trinajstić information content (AvgIpc) is 3.23. The molecular formula is C20H20N2OS2. The van der Waals surface area contributed by atoms with E-state index in [-0.39, 0.29) is 5.91 Å². The molecule has 128 valence electrons. The molecule has 0 spiro atoms. The summed E-state index contributed by atoms with van der Waals surface area (Å²) in [5.41, 5.74) is 4.75. The van der Waals surface area contributed by atoms with Gasteiger partial charge >= 0.3 is 0 Å². The summed E-state index contributed by atoms with van der Waals surface area (Å²) in [6.07, 6.45) is 7.90. The van der Waals surface area contributed by atoms with Crippen molar-refractivity contribution in [3.05, 3.63) is 45.3 Å².